The predicted octanol–water partition coefficient (Wildman–Crippen LogP) is 3.50. The van der Waals surface area contributed by atoms with Crippen molar-refractivity contribution in [3.05, 3.63) is 75.7 Å². The van der Waals surface area contributed by atoms with Crippen molar-refractivity contribution >= 4 is 34.5 Å². The first-order chi connectivity index (χ1) is 17.9. The molecule has 0 bridgehead atoms. The van der Waals surface area contributed by atoms with Crippen LogP contribution in [-0.4, -0.2) is 53.7 Å². The van der Waals surface area contributed by atoms with Crippen molar-refractivity contribution in [1.29, 1.82) is 0 Å². The van der Waals surface area contributed by atoms with Gasteiger partial charge in [-0.15, -0.1) is 11.3 Å². The Morgan fingerprint density at radius 3 is 2.70 bits per heavy atom. The molecule has 1 aliphatic heterocycles. The smallest absolute Gasteiger partial charge is 0.251 e. The van der Waals surface area contributed by atoms with Gasteiger partial charge in [0.2, 0.25) is 5.91 Å². The topological polar surface area (TPSA) is 107 Å². The minimum Gasteiger partial charge on any atom is -0.390 e. The molecule has 8 nitrogen and oxygen atoms in total. The van der Waals surface area contributed by atoms with Crippen molar-refractivity contribution in [3.63, 3.8) is 0 Å². The highest BCUT2D eigenvalue weighted by molar-refractivity contribution is 7.09. The standard InChI is InChI=1S/C28H35N5O3S/c1-3-30-22-13-21(14-24(15-22)33-11-7-10-27(33)35)28(36)32-25(12-20-8-5-4-6-9-20)26(34)17-29-16-23-18-37-19(2)31-23/h4-6,8-9,13-15,18,25-26,29-30,34H,3,7,10-12,16-17H2,1-2H3,(H,32,36)/t25-,26-/m0/s1. The Labute approximate surface area is 222 Å². The van der Waals surface area contributed by atoms with Gasteiger partial charge in [0.05, 0.1) is 22.8 Å². The Balaban J connectivity index is 1.50. The summed E-state index contributed by atoms with van der Waals surface area (Å²) in [5.74, 6) is -0.221. The van der Waals surface area contributed by atoms with Crippen molar-refractivity contribution in [2.75, 3.05) is 29.9 Å². The predicted molar refractivity (Wildman–Crippen MR) is 148 cm³/mol. The maximum Gasteiger partial charge on any atom is 0.251 e. The Morgan fingerprint density at radius 1 is 1.22 bits per heavy atom. The number of anilines is 2. The van der Waals surface area contributed by atoms with Crippen LogP contribution in [0.5, 0.6) is 0 Å². The second-order valence-electron chi connectivity index (χ2n) is 9.27. The zero-order valence-electron chi connectivity index (χ0n) is 21.4. The second kappa shape index (κ2) is 12.8. The number of nitrogens with one attached hydrogen (secondary N) is 3. The van der Waals surface area contributed by atoms with Crippen LogP contribution in [-0.2, 0) is 17.8 Å². The van der Waals surface area contributed by atoms with Gasteiger partial charge in [-0.2, -0.15) is 0 Å². The number of benzene rings is 2. The van der Waals surface area contributed by atoms with Gasteiger partial charge in [0.15, 0.2) is 0 Å². The summed E-state index contributed by atoms with van der Waals surface area (Å²) in [6, 6.07) is 14.7. The number of aliphatic hydroxyl groups is 1. The molecule has 2 amide bonds. The van der Waals surface area contributed by atoms with Gasteiger partial charge in [0.1, 0.15) is 0 Å². The summed E-state index contributed by atoms with van der Waals surface area (Å²) >= 11 is 1.59. The van der Waals surface area contributed by atoms with Crippen LogP contribution >= 0.6 is 11.3 Å². The molecule has 196 valence electrons. The number of thiazole rings is 1. The SMILES string of the molecule is CCNc1cc(C(=O)N[C@@H](Cc2ccccc2)[C@@H](O)CNCc2csc(C)n2)cc(N2CCCC2=O)c1. The van der Waals surface area contributed by atoms with E-state index in [2.05, 4.69) is 20.9 Å². The minimum absolute atomic E-state index is 0.0683. The van der Waals surface area contributed by atoms with Crippen LogP contribution in [0.25, 0.3) is 0 Å². The molecule has 1 fully saturated rings. The van der Waals surface area contributed by atoms with Gasteiger partial charge in [-0.25, -0.2) is 4.98 Å². The van der Waals surface area contributed by atoms with Crippen LogP contribution in [0.4, 0.5) is 11.4 Å². The van der Waals surface area contributed by atoms with E-state index in [9.17, 15) is 14.7 Å². The number of nitrogens with zero attached hydrogens (tertiary/aromatic N) is 2. The molecule has 2 aromatic carbocycles. The lowest BCUT2D eigenvalue weighted by atomic mass is 10.00. The summed E-state index contributed by atoms with van der Waals surface area (Å²) in [6.07, 6.45) is 0.992. The van der Waals surface area contributed by atoms with Crippen molar-refractivity contribution in [1.82, 2.24) is 15.6 Å². The molecule has 1 saturated heterocycles. The number of rotatable bonds is 12. The normalized spacial score (nSPS) is 15.0. The summed E-state index contributed by atoms with van der Waals surface area (Å²) in [4.78, 5) is 32.0. The number of aliphatic hydroxyl groups excluding tert-OH is 1. The van der Waals surface area contributed by atoms with Crippen molar-refractivity contribution in [3.8, 4) is 0 Å². The van der Waals surface area contributed by atoms with Gasteiger partial charge in [0, 0.05) is 54.9 Å². The summed E-state index contributed by atoms with van der Waals surface area (Å²) < 4.78 is 0. The highest BCUT2D eigenvalue weighted by Gasteiger charge is 2.25. The molecule has 37 heavy (non-hydrogen) atoms. The van der Waals surface area contributed by atoms with Gasteiger partial charge in [-0.05, 0) is 50.5 Å². The van der Waals surface area contributed by atoms with Gasteiger partial charge in [0.25, 0.3) is 5.91 Å². The van der Waals surface area contributed by atoms with Gasteiger partial charge < -0.3 is 26.0 Å². The van der Waals surface area contributed by atoms with Crippen LogP contribution in [0, 0.1) is 6.92 Å². The van der Waals surface area contributed by atoms with Crippen LogP contribution in [0.3, 0.4) is 0 Å². The number of hydrogen-bond acceptors (Lipinski definition) is 7. The van der Waals surface area contributed by atoms with Crippen LogP contribution in [0.15, 0.2) is 53.9 Å². The first kappa shape index (κ1) is 26.8. The molecule has 9 heteroatoms. The maximum absolute atomic E-state index is 13.5. The van der Waals surface area contributed by atoms with E-state index in [0.29, 0.717) is 50.3 Å². The molecule has 1 aliphatic rings. The van der Waals surface area contributed by atoms with Crippen molar-refractivity contribution in [2.45, 2.75) is 51.8 Å². The monoisotopic (exact) mass is 521 g/mol. The summed E-state index contributed by atoms with van der Waals surface area (Å²) in [5, 5.41) is 23.7. The summed E-state index contributed by atoms with van der Waals surface area (Å²) in [6.45, 7) is 6.14. The van der Waals surface area contributed by atoms with Gasteiger partial charge >= 0.3 is 0 Å². The molecule has 0 spiro atoms. The molecule has 4 N–H and O–H groups in total. The van der Waals surface area contributed by atoms with Crippen LogP contribution in [0.2, 0.25) is 0 Å². The van der Waals surface area contributed by atoms with E-state index in [0.717, 1.165) is 28.4 Å². The first-order valence-electron chi connectivity index (χ1n) is 12.8. The fraction of sp³-hybridized carbons (Fsp3) is 0.393. The molecule has 4 rings (SSSR count). The fourth-order valence-corrected chi connectivity index (χ4v) is 5.12. The number of carbonyl (C=O) groups excluding carboxylic acids is 2. The molecule has 0 saturated carbocycles. The number of aromatic nitrogens is 1. The zero-order valence-corrected chi connectivity index (χ0v) is 22.2. The average molecular weight is 522 g/mol. The third kappa shape index (κ3) is 7.38. The highest BCUT2D eigenvalue weighted by Crippen LogP contribution is 2.27. The molecule has 2 atom stereocenters. The molecule has 2 heterocycles. The number of aryl methyl sites for hydroxylation is 1. The summed E-state index contributed by atoms with van der Waals surface area (Å²) in [7, 11) is 0. The Bertz CT molecular complexity index is 1200. The lowest BCUT2D eigenvalue weighted by molar-refractivity contribution is -0.117. The quantitative estimate of drug-likeness (QED) is 0.291. The van der Waals surface area contributed by atoms with E-state index < -0.39 is 12.1 Å². The largest absolute Gasteiger partial charge is 0.390 e. The van der Waals surface area contributed by atoms with Crippen LogP contribution in [0.1, 0.15) is 46.4 Å². The van der Waals surface area contributed by atoms with E-state index in [1.165, 1.54) is 0 Å². The number of carbonyl (C=O) groups is 2. The first-order valence-corrected chi connectivity index (χ1v) is 13.6. The zero-order chi connectivity index (χ0) is 26.2. The molecule has 0 radical (unpaired) electrons. The van der Waals surface area contributed by atoms with E-state index in [1.807, 2.05) is 55.6 Å². The van der Waals surface area contributed by atoms with E-state index in [1.54, 1.807) is 28.4 Å². The van der Waals surface area contributed by atoms with E-state index in [-0.39, 0.29) is 11.8 Å². The van der Waals surface area contributed by atoms with Gasteiger partial charge in [-0.1, -0.05) is 30.3 Å². The van der Waals surface area contributed by atoms with Gasteiger partial charge in [-0.3, -0.25) is 9.59 Å². The molecule has 1 aromatic heterocycles. The lowest BCUT2D eigenvalue weighted by Crippen LogP contribution is -2.48. The highest BCUT2D eigenvalue weighted by atomic mass is 32.1. The Morgan fingerprint density at radius 2 is 2.03 bits per heavy atom. The number of hydrogen-bond donors (Lipinski definition) is 4. The fourth-order valence-electron chi connectivity index (χ4n) is 4.51. The van der Waals surface area contributed by atoms with E-state index >= 15 is 0 Å². The third-order valence-electron chi connectivity index (χ3n) is 6.35. The average Bonchev–Trinajstić information content (AvgIpc) is 3.51. The molecule has 0 unspecified atom stereocenters. The Kier molecular flexibility index (Phi) is 9.27. The molecular formula is C28H35N5O3S. The molecule has 3 aromatic rings. The van der Waals surface area contributed by atoms with E-state index in [4.69, 9.17) is 0 Å². The van der Waals surface area contributed by atoms with Crippen LogP contribution < -0.4 is 20.9 Å². The third-order valence-corrected chi connectivity index (χ3v) is 7.17. The molecular weight excluding hydrogens is 486 g/mol. The molecule has 0 aliphatic carbocycles. The van der Waals surface area contributed by atoms with Crippen molar-refractivity contribution in [2.24, 2.45) is 0 Å². The minimum atomic E-state index is -0.819. The lowest BCUT2D eigenvalue weighted by Gasteiger charge is -2.25. The maximum atomic E-state index is 13.5. The number of amides is 2. The second-order valence-corrected chi connectivity index (χ2v) is 10.3. The van der Waals surface area contributed by atoms with Crippen molar-refractivity contribution < 1.29 is 14.7 Å². The summed E-state index contributed by atoms with van der Waals surface area (Å²) in [5.41, 5.74) is 3.90. The Hall–Kier alpha value is -3.27.